The van der Waals surface area contributed by atoms with Crippen molar-refractivity contribution in [2.24, 2.45) is 5.10 Å². The summed E-state index contributed by atoms with van der Waals surface area (Å²) in [6.45, 7) is 1.86. The average Bonchev–Trinajstić information content (AvgIpc) is 2.59. The Balaban J connectivity index is 2.23. The van der Waals surface area contributed by atoms with Gasteiger partial charge in [0.15, 0.2) is 5.75 Å². The SMILES string of the molecule is CCOc1cc(/C=N/NC(=O)c2cc(Br)ccc2O)cc([N+](=O)[O-])c1O. The number of nitrogens with one attached hydrogen (secondary N) is 1. The maximum Gasteiger partial charge on any atom is 0.315 e. The highest BCUT2D eigenvalue weighted by Gasteiger charge is 2.19. The van der Waals surface area contributed by atoms with E-state index < -0.39 is 22.3 Å². The van der Waals surface area contributed by atoms with Crippen LogP contribution in [0.15, 0.2) is 39.9 Å². The molecule has 0 spiro atoms. The number of hydrazone groups is 1. The molecule has 0 aliphatic carbocycles. The number of phenolic OH excluding ortho intramolecular Hbond substituents is 2. The van der Waals surface area contributed by atoms with Crippen molar-refractivity contribution in [2.75, 3.05) is 6.61 Å². The number of nitro groups is 1. The first kappa shape index (κ1) is 19.2. The van der Waals surface area contributed by atoms with Crippen LogP contribution in [-0.2, 0) is 0 Å². The van der Waals surface area contributed by atoms with Gasteiger partial charge in [-0.1, -0.05) is 15.9 Å². The Bertz CT molecular complexity index is 885. The van der Waals surface area contributed by atoms with Crippen molar-refractivity contribution in [3.63, 3.8) is 0 Å². The number of hydrogen-bond acceptors (Lipinski definition) is 7. The number of nitro benzene ring substituents is 1. The number of benzene rings is 2. The van der Waals surface area contributed by atoms with Crippen LogP contribution >= 0.6 is 15.9 Å². The highest BCUT2D eigenvalue weighted by molar-refractivity contribution is 9.10. The molecule has 0 bridgehead atoms. The summed E-state index contributed by atoms with van der Waals surface area (Å²) in [5, 5.41) is 34.2. The lowest BCUT2D eigenvalue weighted by molar-refractivity contribution is -0.386. The minimum Gasteiger partial charge on any atom is -0.507 e. The fraction of sp³-hybridized carbons (Fsp3) is 0.125. The van der Waals surface area contributed by atoms with E-state index in [1.807, 2.05) is 0 Å². The maximum absolute atomic E-state index is 12.0. The number of carbonyl (C=O) groups is 1. The van der Waals surface area contributed by atoms with Gasteiger partial charge in [-0.3, -0.25) is 14.9 Å². The number of halogens is 1. The zero-order valence-corrected chi connectivity index (χ0v) is 15.1. The number of carbonyl (C=O) groups excluding carboxylic acids is 1. The third-order valence-electron chi connectivity index (χ3n) is 3.16. The molecular formula is C16H14BrN3O6. The molecule has 0 heterocycles. The van der Waals surface area contributed by atoms with Gasteiger partial charge in [0.05, 0.1) is 23.3 Å². The standard InChI is InChI=1S/C16H14BrN3O6/c1-2-26-14-6-9(5-12(15(14)22)20(24)25)8-18-19-16(23)11-7-10(17)3-4-13(11)21/h3-8,21-22H,2H2,1H3,(H,19,23)/b18-8+. The summed E-state index contributed by atoms with van der Waals surface area (Å²) in [4.78, 5) is 22.3. The summed E-state index contributed by atoms with van der Waals surface area (Å²) in [5.41, 5.74) is 1.89. The number of amides is 1. The van der Waals surface area contributed by atoms with Crippen LogP contribution in [0.3, 0.4) is 0 Å². The Morgan fingerprint density at radius 1 is 1.38 bits per heavy atom. The molecule has 0 atom stereocenters. The van der Waals surface area contributed by atoms with Crippen molar-refractivity contribution in [2.45, 2.75) is 6.92 Å². The third kappa shape index (κ3) is 4.48. The molecule has 0 unspecified atom stereocenters. The van der Waals surface area contributed by atoms with Gasteiger partial charge >= 0.3 is 5.69 Å². The topological polar surface area (TPSA) is 134 Å². The molecule has 10 heteroatoms. The lowest BCUT2D eigenvalue weighted by atomic mass is 10.2. The quantitative estimate of drug-likeness (QED) is 0.371. The summed E-state index contributed by atoms with van der Waals surface area (Å²) in [5.74, 6) is -1.55. The molecule has 0 aliphatic heterocycles. The van der Waals surface area contributed by atoms with E-state index in [0.717, 1.165) is 12.3 Å². The van der Waals surface area contributed by atoms with E-state index >= 15 is 0 Å². The van der Waals surface area contributed by atoms with E-state index in [0.29, 0.717) is 4.47 Å². The summed E-state index contributed by atoms with van der Waals surface area (Å²) in [6, 6.07) is 6.77. The number of ether oxygens (including phenoxy) is 1. The summed E-state index contributed by atoms with van der Waals surface area (Å²) < 4.78 is 5.75. The fourth-order valence-electron chi connectivity index (χ4n) is 2.01. The molecule has 1 amide bonds. The van der Waals surface area contributed by atoms with Gasteiger partial charge in [0.25, 0.3) is 5.91 Å². The van der Waals surface area contributed by atoms with E-state index in [4.69, 9.17) is 4.74 Å². The van der Waals surface area contributed by atoms with Crippen molar-refractivity contribution in [1.29, 1.82) is 0 Å². The first-order valence-corrected chi connectivity index (χ1v) is 8.09. The van der Waals surface area contributed by atoms with E-state index in [1.54, 1.807) is 13.0 Å². The third-order valence-corrected chi connectivity index (χ3v) is 3.65. The summed E-state index contributed by atoms with van der Waals surface area (Å²) in [6.07, 6.45) is 1.15. The predicted octanol–water partition coefficient (Wildman–Crippen LogP) is 2.93. The summed E-state index contributed by atoms with van der Waals surface area (Å²) >= 11 is 3.19. The van der Waals surface area contributed by atoms with Crippen molar-refractivity contribution >= 4 is 33.7 Å². The molecule has 0 radical (unpaired) electrons. The van der Waals surface area contributed by atoms with Gasteiger partial charge in [-0.15, -0.1) is 0 Å². The van der Waals surface area contributed by atoms with Crippen molar-refractivity contribution in [3.05, 3.63) is 56.0 Å². The molecule has 0 aromatic heterocycles. The summed E-state index contributed by atoms with van der Waals surface area (Å²) in [7, 11) is 0. The van der Waals surface area contributed by atoms with Crippen LogP contribution in [-0.4, -0.2) is 33.9 Å². The van der Waals surface area contributed by atoms with Crippen LogP contribution in [0.5, 0.6) is 17.2 Å². The molecular weight excluding hydrogens is 410 g/mol. The predicted molar refractivity (Wildman–Crippen MR) is 96.8 cm³/mol. The second kappa shape index (κ2) is 8.30. The zero-order chi connectivity index (χ0) is 19.3. The van der Waals surface area contributed by atoms with Gasteiger partial charge in [-0.25, -0.2) is 5.43 Å². The highest BCUT2D eigenvalue weighted by Crippen LogP contribution is 2.36. The molecule has 2 aromatic carbocycles. The smallest absolute Gasteiger partial charge is 0.315 e. The zero-order valence-electron chi connectivity index (χ0n) is 13.5. The molecule has 2 aromatic rings. The van der Waals surface area contributed by atoms with Crippen LogP contribution in [0.1, 0.15) is 22.8 Å². The molecule has 0 aliphatic rings. The average molecular weight is 424 g/mol. The van der Waals surface area contributed by atoms with Gasteiger partial charge in [0.1, 0.15) is 5.75 Å². The first-order chi connectivity index (χ1) is 12.3. The van der Waals surface area contributed by atoms with Crippen LogP contribution < -0.4 is 10.2 Å². The van der Waals surface area contributed by atoms with Gasteiger partial charge < -0.3 is 14.9 Å². The fourth-order valence-corrected chi connectivity index (χ4v) is 2.37. The molecule has 0 fully saturated rings. The second-order valence-electron chi connectivity index (χ2n) is 4.94. The minimum atomic E-state index is -0.757. The van der Waals surface area contributed by atoms with Crippen LogP contribution in [0, 0.1) is 10.1 Å². The van der Waals surface area contributed by atoms with Gasteiger partial charge in [-0.05, 0) is 31.2 Å². The van der Waals surface area contributed by atoms with E-state index in [2.05, 4.69) is 26.5 Å². The monoisotopic (exact) mass is 423 g/mol. The Labute approximate surface area is 156 Å². The second-order valence-corrected chi connectivity index (χ2v) is 5.85. The van der Waals surface area contributed by atoms with E-state index in [1.165, 1.54) is 18.2 Å². The molecule has 9 nitrogen and oxygen atoms in total. The van der Waals surface area contributed by atoms with E-state index in [9.17, 15) is 25.1 Å². The lowest BCUT2D eigenvalue weighted by Crippen LogP contribution is -2.17. The van der Waals surface area contributed by atoms with Crippen LogP contribution in [0.4, 0.5) is 5.69 Å². The van der Waals surface area contributed by atoms with Gasteiger partial charge in [-0.2, -0.15) is 5.10 Å². The molecule has 0 saturated carbocycles. The van der Waals surface area contributed by atoms with Crippen LogP contribution in [0.2, 0.25) is 0 Å². The van der Waals surface area contributed by atoms with E-state index in [-0.39, 0.29) is 29.2 Å². The van der Waals surface area contributed by atoms with Crippen LogP contribution in [0.25, 0.3) is 0 Å². The van der Waals surface area contributed by atoms with Gasteiger partial charge in [0.2, 0.25) is 5.75 Å². The molecule has 2 rings (SSSR count). The number of phenols is 2. The van der Waals surface area contributed by atoms with Crippen molar-refractivity contribution in [3.8, 4) is 17.2 Å². The largest absolute Gasteiger partial charge is 0.507 e. The molecule has 136 valence electrons. The number of aromatic hydroxyl groups is 2. The number of nitrogens with zero attached hydrogens (tertiary/aromatic N) is 2. The molecule has 3 N–H and O–H groups in total. The Morgan fingerprint density at radius 2 is 2.12 bits per heavy atom. The molecule has 0 saturated heterocycles. The normalized spacial score (nSPS) is 10.7. The highest BCUT2D eigenvalue weighted by atomic mass is 79.9. The maximum atomic E-state index is 12.0. The van der Waals surface area contributed by atoms with Gasteiger partial charge in [0, 0.05) is 16.1 Å². The minimum absolute atomic E-state index is 0.00298. The van der Waals surface area contributed by atoms with Crippen molar-refractivity contribution in [1.82, 2.24) is 5.43 Å². The first-order valence-electron chi connectivity index (χ1n) is 7.29. The Kier molecular flexibility index (Phi) is 6.12. The number of hydrogen-bond donors (Lipinski definition) is 3. The van der Waals surface area contributed by atoms with Crippen molar-refractivity contribution < 1.29 is 24.7 Å². The number of rotatable bonds is 6. The molecule has 26 heavy (non-hydrogen) atoms. The Morgan fingerprint density at radius 3 is 2.77 bits per heavy atom. The lowest BCUT2D eigenvalue weighted by Gasteiger charge is -2.07. The Hall–Kier alpha value is -3.14.